The zero-order valence-electron chi connectivity index (χ0n) is 18.2. The quantitative estimate of drug-likeness (QED) is 0.482. The van der Waals surface area contributed by atoms with Crippen molar-refractivity contribution in [2.24, 2.45) is 5.92 Å². The van der Waals surface area contributed by atoms with Crippen molar-refractivity contribution < 1.29 is 54.2 Å². The normalized spacial score (nSPS) is 14.7. The van der Waals surface area contributed by atoms with Crippen molar-refractivity contribution in [1.82, 2.24) is 19.7 Å². The number of alkyl halides is 9. The van der Waals surface area contributed by atoms with Crippen LogP contribution in [0, 0.1) is 5.92 Å². The molecule has 1 aliphatic heterocycles. The van der Waals surface area contributed by atoms with E-state index in [2.05, 4.69) is 10.1 Å². The molecule has 2 aromatic heterocycles. The number of aromatic nitrogens is 3. The number of likely N-dealkylation sites (tertiary alicyclic amines) is 1. The first-order valence-electron chi connectivity index (χ1n) is 10.1. The van der Waals surface area contributed by atoms with Gasteiger partial charge in [-0.3, -0.25) is 14.5 Å². The molecule has 200 valence electrons. The van der Waals surface area contributed by atoms with Gasteiger partial charge in [0.15, 0.2) is 0 Å². The van der Waals surface area contributed by atoms with E-state index in [1.54, 1.807) is 6.07 Å². The summed E-state index contributed by atoms with van der Waals surface area (Å²) in [6.07, 6.45) is -11.1. The zero-order chi connectivity index (χ0) is 27.8. The van der Waals surface area contributed by atoms with E-state index < -0.39 is 55.0 Å². The number of pyridine rings is 1. The molecule has 3 aromatic rings. The number of aliphatic carboxylic acids is 1. The summed E-state index contributed by atoms with van der Waals surface area (Å²) in [7, 11) is 0. The Kier molecular flexibility index (Phi) is 7.42. The Morgan fingerprint density at radius 1 is 0.946 bits per heavy atom. The molecule has 0 atom stereocenters. The zero-order valence-corrected chi connectivity index (χ0v) is 18.2. The number of carbonyl (C=O) groups excluding carboxylic acids is 1. The SMILES string of the molecule is O=C(Cn1ncc2ncc(-c3cccc(C(F)(F)F)c3)cc21)N1CC(C(F)(F)F)C1.O=C(O)C(F)(F)F. The molecular weight excluding hydrogens is 527 g/mol. The summed E-state index contributed by atoms with van der Waals surface area (Å²) in [6.45, 7) is -1.08. The van der Waals surface area contributed by atoms with Crippen molar-refractivity contribution in [2.45, 2.75) is 25.1 Å². The lowest BCUT2D eigenvalue weighted by Gasteiger charge is -2.40. The number of carboxylic acid groups (broad SMARTS) is 1. The summed E-state index contributed by atoms with van der Waals surface area (Å²) < 4.78 is 110. The number of rotatable bonds is 3. The predicted molar refractivity (Wildman–Crippen MR) is 108 cm³/mol. The second kappa shape index (κ2) is 9.89. The maximum absolute atomic E-state index is 13.0. The van der Waals surface area contributed by atoms with Crippen molar-refractivity contribution in [2.75, 3.05) is 13.1 Å². The molecule has 37 heavy (non-hydrogen) atoms. The molecular formula is C21H15F9N4O3. The van der Waals surface area contributed by atoms with Crippen LogP contribution in [0.3, 0.4) is 0 Å². The molecule has 0 aliphatic carbocycles. The minimum Gasteiger partial charge on any atom is -0.475 e. The van der Waals surface area contributed by atoms with Gasteiger partial charge in [-0.25, -0.2) is 4.79 Å². The number of carbonyl (C=O) groups is 2. The standard InChI is InChI=1S/C19H14F6N4O.C2HF3O2/c20-18(21,22)13-3-1-2-11(4-13)12-5-16-15(26-6-12)7-27-29(16)10-17(30)28-8-14(9-28)19(23,24)25;3-2(4,5)1(6)7/h1-7,14H,8-10H2;(H,6,7). The summed E-state index contributed by atoms with van der Waals surface area (Å²) >= 11 is 0. The number of amides is 1. The molecule has 0 bridgehead atoms. The molecule has 0 radical (unpaired) electrons. The first-order chi connectivity index (χ1) is 17.0. The van der Waals surface area contributed by atoms with Crippen LogP contribution in [0.1, 0.15) is 5.56 Å². The highest BCUT2D eigenvalue weighted by atomic mass is 19.4. The molecule has 1 amide bonds. The molecule has 7 nitrogen and oxygen atoms in total. The Labute approximate surface area is 201 Å². The van der Waals surface area contributed by atoms with E-state index >= 15 is 0 Å². The van der Waals surface area contributed by atoms with Crippen LogP contribution in [-0.2, 0) is 22.3 Å². The topological polar surface area (TPSA) is 88.3 Å². The van der Waals surface area contributed by atoms with E-state index in [9.17, 15) is 44.3 Å². The fourth-order valence-corrected chi connectivity index (χ4v) is 3.23. The van der Waals surface area contributed by atoms with Crippen molar-refractivity contribution in [3.8, 4) is 11.1 Å². The fraction of sp³-hybridized carbons (Fsp3) is 0.333. The van der Waals surface area contributed by atoms with Crippen LogP contribution in [0.2, 0.25) is 0 Å². The first-order valence-corrected chi connectivity index (χ1v) is 10.1. The molecule has 16 heteroatoms. The van der Waals surface area contributed by atoms with Gasteiger partial charge < -0.3 is 10.0 Å². The predicted octanol–water partition coefficient (Wildman–Crippen LogP) is 4.77. The Balaban J connectivity index is 0.000000479. The smallest absolute Gasteiger partial charge is 0.475 e. The van der Waals surface area contributed by atoms with Gasteiger partial charge in [0, 0.05) is 24.8 Å². The largest absolute Gasteiger partial charge is 0.490 e. The van der Waals surface area contributed by atoms with Crippen LogP contribution < -0.4 is 0 Å². The molecule has 3 heterocycles. The Bertz CT molecular complexity index is 1290. The highest BCUT2D eigenvalue weighted by molar-refractivity contribution is 5.83. The van der Waals surface area contributed by atoms with Crippen molar-refractivity contribution >= 4 is 22.9 Å². The number of carboxylic acids is 1. The van der Waals surface area contributed by atoms with Gasteiger partial charge in [-0.2, -0.15) is 44.6 Å². The highest BCUT2D eigenvalue weighted by Gasteiger charge is 2.48. The number of nitrogens with zero attached hydrogens (tertiary/aromatic N) is 4. The molecule has 0 unspecified atom stereocenters. The summed E-state index contributed by atoms with van der Waals surface area (Å²) in [5.74, 6) is -4.80. The van der Waals surface area contributed by atoms with Crippen LogP contribution in [0.15, 0.2) is 42.7 Å². The lowest BCUT2D eigenvalue weighted by atomic mass is 10.00. The average molecular weight is 542 g/mol. The van der Waals surface area contributed by atoms with Gasteiger partial charge in [-0.15, -0.1) is 0 Å². The Morgan fingerprint density at radius 2 is 1.57 bits per heavy atom. The summed E-state index contributed by atoms with van der Waals surface area (Å²) in [5, 5.41) is 11.2. The van der Waals surface area contributed by atoms with Gasteiger partial charge in [0.1, 0.15) is 12.1 Å². The van der Waals surface area contributed by atoms with Crippen LogP contribution in [0.5, 0.6) is 0 Å². The highest BCUT2D eigenvalue weighted by Crippen LogP contribution is 2.34. The minimum absolute atomic E-state index is 0.286. The van der Waals surface area contributed by atoms with Crippen LogP contribution in [0.25, 0.3) is 22.2 Å². The van der Waals surface area contributed by atoms with E-state index in [1.807, 2.05) is 0 Å². The van der Waals surface area contributed by atoms with Crippen LogP contribution in [-0.4, -0.2) is 62.1 Å². The van der Waals surface area contributed by atoms with Crippen molar-refractivity contribution in [3.63, 3.8) is 0 Å². The third kappa shape index (κ3) is 6.68. The summed E-state index contributed by atoms with van der Waals surface area (Å²) in [6, 6.07) is 6.28. The van der Waals surface area contributed by atoms with E-state index in [1.165, 1.54) is 29.2 Å². The molecule has 0 saturated carbocycles. The molecule has 4 rings (SSSR count). The fourth-order valence-electron chi connectivity index (χ4n) is 3.23. The van der Waals surface area contributed by atoms with Gasteiger partial charge >= 0.3 is 24.5 Å². The molecule has 1 fully saturated rings. The number of benzene rings is 1. The Morgan fingerprint density at radius 3 is 2.11 bits per heavy atom. The molecule has 1 aliphatic rings. The second-order valence-corrected chi connectivity index (χ2v) is 7.85. The molecule has 1 saturated heterocycles. The number of fused-ring (bicyclic) bond motifs is 1. The van der Waals surface area contributed by atoms with E-state index in [0.29, 0.717) is 16.6 Å². The van der Waals surface area contributed by atoms with E-state index in [4.69, 9.17) is 9.90 Å². The van der Waals surface area contributed by atoms with Crippen LogP contribution >= 0.6 is 0 Å². The van der Waals surface area contributed by atoms with Gasteiger partial charge in [0.05, 0.1) is 23.2 Å². The maximum atomic E-state index is 13.0. The lowest BCUT2D eigenvalue weighted by molar-refractivity contribution is -0.209. The van der Waals surface area contributed by atoms with E-state index in [0.717, 1.165) is 17.0 Å². The van der Waals surface area contributed by atoms with Crippen LogP contribution in [0.4, 0.5) is 39.5 Å². The third-order valence-electron chi connectivity index (χ3n) is 5.24. The lowest BCUT2D eigenvalue weighted by Crippen LogP contribution is -2.56. The monoisotopic (exact) mass is 542 g/mol. The second-order valence-electron chi connectivity index (χ2n) is 7.85. The third-order valence-corrected chi connectivity index (χ3v) is 5.24. The minimum atomic E-state index is -5.08. The number of hydrogen-bond acceptors (Lipinski definition) is 4. The first kappa shape index (κ1) is 27.7. The number of hydrogen-bond donors (Lipinski definition) is 1. The maximum Gasteiger partial charge on any atom is 0.490 e. The van der Waals surface area contributed by atoms with Gasteiger partial charge in [-0.05, 0) is 23.8 Å². The Hall–Kier alpha value is -3.85. The van der Waals surface area contributed by atoms with Gasteiger partial charge in [0.25, 0.3) is 0 Å². The van der Waals surface area contributed by atoms with E-state index in [-0.39, 0.29) is 12.1 Å². The van der Waals surface area contributed by atoms with Gasteiger partial charge in [0.2, 0.25) is 5.91 Å². The molecule has 0 spiro atoms. The van der Waals surface area contributed by atoms with Gasteiger partial charge in [-0.1, -0.05) is 12.1 Å². The molecule has 1 aromatic carbocycles. The average Bonchev–Trinajstić information content (AvgIpc) is 3.13. The van der Waals surface area contributed by atoms with Crippen molar-refractivity contribution in [3.05, 3.63) is 48.3 Å². The molecule has 1 N–H and O–H groups in total. The number of halogens is 9. The van der Waals surface area contributed by atoms with Crippen molar-refractivity contribution in [1.29, 1.82) is 0 Å². The summed E-state index contributed by atoms with van der Waals surface area (Å²) in [4.78, 5) is 26.4. The summed E-state index contributed by atoms with van der Waals surface area (Å²) in [5.41, 5.74) is 0.681.